The van der Waals surface area contributed by atoms with E-state index in [1.54, 1.807) is 18.2 Å². The minimum atomic E-state index is -0.288. The fraction of sp³-hybridized carbons (Fsp3) is 0.105. The van der Waals surface area contributed by atoms with E-state index in [4.69, 9.17) is 0 Å². The summed E-state index contributed by atoms with van der Waals surface area (Å²) in [5, 5.41) is 11.8. The summed E-state index contributed by atoms with van der Waals surface area (Å²) in [4.78, 5) is 12.0. The molecule has 0 saturated carbocycles. The van der Waals surface area contributed by atoms with Gasteiger partial charge in [-0.1, -0.05) is 30.0 Å². The molecule has 25 heavy (non-hydrogen) atoms. The first-order chi connectivity index (χ1) is 12.1. The van der Waals surface area contributed by atoms with E-state index >= 15 is 0 Å². The molecule has 3 aromatic rings. The molecule has 3 rings (SSSR count). The molecule has 0 aliphatic carbocycles. The maximum absolute atomic E-state index is 12.9. The van der Waals surface area contributed by atoms with Crippen molar-refractivity contribution in [3.63, 3.8) is 0 Å². The van der Waals surface area contributed by atoms with Crippen molar-refractivity contribution < 1.29 is 9.18 Å². The highest BCUT2D eigenvalue weighted by molar-refractivity contribution is 7.99. The number of thioether (sulfide) groups is 1. The minimum absolute atomic E-state index is 0.0938. The van der Waals surface area contributed by atoms with Gasteiger partial charge >= 0.3 is 0 Å². The number of carbonyl (C=O) groups is 1. The Bertz CT molecular complexity index is 867. The lowest BCUT2D eigenvalue weighted by Gasteiger charge is -2.07. The monoisotopic (exact) mass is 353 g/mol. The van der Waals surface area contributed by atoms with E-state index in [1.165, 1.54) is 23.9 Å². The number of aryl methyl sites for hydroxylation is 1. The fourth-order valence-corrected chi connectivity index (χ4v) is 2.82. The summed E-state index contributed by atoms with van der Waals surface area (Å²) in [6.07, 6.45) is 0. The van der Waals surface area contributed by atoms with Crippen molar-refractivity contribution in [2.45, 2.75) is 11.9 Å². The largest absolute Gasteiger partial charge is 0.325 e. The van der Waals surface area contributed by atoms with Crippen LogP contribution in [-0.4, -0.2) is 21.9 Å². The minimum Gasteiger partial charge on any atom is -0.325 e. The van der Waals surface area contributed by atoms with Crippen molar-refractivity contribution in [3.05, 3.63) is 72.0 Å². The van der Waals surface area contributed by atoms with Crippen LogP contribution < -0.4 is 5.32 Å². The zero-order valence-corrected chi connectivity index (χ0v) is 14.4. The second kappa shape index (κ2) is 7.90. The number of halogens is 1. The predicted octanol–water partition coefficient (Wildman–Crippen LogP) is 4.32. The molecule has 0 radical (unpaired) electrons. The first-order valence-corrected chi connectivity index (χ1v) is 8.68. The lowest BCUT2D eigenvalue weighted by Crippen LogP contribution is -2.14. The molecule has 6 heteroatoms. The van der Waals surface area contributed by atoms with Crippen molar-refractivity contribution >= 4 is 23.4 Å². The Kier molecular flexibility index (Phi) is 5.40. The standard InChI is InChI=1S/C19H16FN3OS/c1-13-4-2-3-5-16(13)21-18(24)12-25-19-11-10-17(22-23-19)14-6-8-15(20)9-7-14/h2-11H,12H2,1H3,(H,21,24). The third-order valence-electron chi connectivity index (χ3n) is 3.55. The second-order valence-corrected chi connectivity index (χ2v) is 6.41. The number of carbonyl (C=O) groups excluding carboxylic acids is 1. The second-order valence-electron chi connectivity index (χ2n) is 5.42. The van der Waals surface area contributed by atoms with Gasteiger partial charge in [0.05, 0.1) is 11.4 Å². The molecule has 0 aliphatic rings. The van der Waals surface area contributed by atoms with Crippen LogP contribution in [0.4, 0.5) is 10.1 Å². The van der Waals surface area contributed by atoms with Crippen molar-refractivity contribution in [2.75, 3.05) is 11.1 Å². The van der Waals surface area contributed by atoms with E-state index < -0.39 is 0 Å². The van der Waals surface area contributed by atoms with E-state index in [2.05, 4.69) is 15.5 Å². The van der Waals surface area contributed by atoms with Crippen LogP contribution in [0.5, 0.6) is 0 Å². The van der Waals surface area contributed by atoms with Crippen LogP contribution in [0.15, 0.2) is 65.7 Å². The van der Waals surface area contributed by atoms with Gasteiger partial charge in [0.25, 0.3) is 0 Å². The Morgan fingerprint density at radius 3 is 2.48 bits per heavy atom. The average molecular weight is 353 g/mol. The molecule has 0 bridgehead atoms. The summed E-state index contributed by atoms with van der Waals surface area (Å²) < 4.78 is 12.9. The molecule has 0 aliphatic heterocycles. The summed E-state index contributed by atoms with van der Waals surface area (Å²) in [5.41, 5.74) is 3.28. The zero-order chi connectivity index (χ0) is 17.6. The maximum atomic E-state index is 12.9. The van der Waals surface area contributed by atoms with E-state index in [9.17, 15) is 9.18 Å². The quantitative estimate of drug-likeness (QED) is 0.694. The van der Waals surface area contributed by atoms with E-state index in [0.29, 0.717) is 10.7 Å². The molecule has 0 atom stereocenters. The number of rotatable bonds is 5. The molecule has 0 unspecified atom stereocenters. The molecule has 0 saturated heterocycles. The highest BCUT2D eigenvalue weighted by Crippen LogP contribution is 2.20. The highest BCUT2D eigenvalue weighted by atomic mass is 32.2. The molecule has 1 amide bonds. The first-order valence-electron chi connectivity index (χ1n) is 7.70. The topological polar surface area (TPSA) is 54.9 Å². The molecular weight excluding hydrogens is 337 g/mol. The smallest absolute Gasteiger partial charge is 0.234 e. The molecule has 1 N–H and O–H groups in total. The molecule has 0 fully saturated rings. The number of para-hydroxylation sites is 1. The van der Waals surface area contributed by atoms with Crippen molar-refractivity contribution in [1.29, 1.82) is 0 Å². The fourth-order valence-electron chi connectivity index (χ4n) is 2.21. The number of benzene rings is 2. The van der Waals surface area contributed by atoms with Gasteiger partial charge in [-0.15, -0.1) is 10.2 Å². The highest BCUT2D eigenvalue weighted by Gasteiger charge is 2.07. The van der Waals surface area contributed by atoms with Gasteiger partial charge in [0.2, 0.25) is 5.91 Å². The summed E-state index contributed by atoms with van der Waals surface area (Å²) in [7, 11) is 0. The SMILES string of the molecule is Cc1ccccc1NC(=O)CSc1ccc(-c2ccc(F)cc2)nn1. The van der Waals surface area contributed by atoms with Gasteiger partial charge in [0.15, 0.2) is 0 Å². The summed E-state index contributed by atoms with van der Waals surface area (Å²) in [5.74, 6) is -0.133. The van der Waals surface area contributed by atoms with Crippen LogP contribution in [0, 0.1) is 12.7 Å². The number of nitrogens with one attached hydrogen (secondary N) is 1. The molecule has 126 valence electrons. The van der Waals surface area contributed by atoms with Crippen LogP contribution in [0.2, 0.25) is 0 Å². The van der Waals surface area contributed by atoms with E-state index in [1.807, 2.05) is 37.3 Å². The van der Waals surface area contributed by atoms with Gasteiger partial charge in [-0.2, -0.15) is 0 Å². The van der Waals surface area contributed by atoms with Gasteiger partial charge in [-0.3, -0.25) is 4.79 Å². The molecule has 4 nitrogen and oxygen atoms in total. The zero-order valence-electron chi connectivity index (χ0n) is 13.6. The van der Waals surface area contributed by atoms with E-state index in [-0.39, 0.29) is 17.5 Å². The number of aromatic nitrogens is 2. The van der Waals surface area contributed by atoms with Gasteiger partial charge in [-0.05, 0) is 55.0 Å². The van der Waals surface area contributed by atoms with Gasteiger partial charge in [0.1, 0.15) is 10.8 Å². The number of anilines is 1. The Labute approximate surface area is 149 Å². The van der Waals surface area contributed by atoms with Crippen LogP contribution in [0.1, 0.15) is 5.56 Å². The van der Waals surface area contributed by atoms with Gasteiger partial charge in [0, 0.05) is 11.3 Å². The maximum Gasteiger partial charge on any atom is 0.234 e. The number of amides is 1. The van der Waals surface area contributed by atoms with Crippen LogP contribution >= 0.6 is 11.8 Å². The molecular formula is C19H16FN3OS. The molecule has 1 aromatic heterocycles. The first kappa shape index (κ1) is 17.1. The Hall–Kier alpha value is -2.73. The van der Waals surface area contributed by atoms with Gasteiger partial charge < -0.3 is 5.32 Å². The lowest BCUT2D eigenvalue weighted by molar-refractivity contribution is -0.113. The number of nitrogens with zero attached hydrogens (tertiary/aromatic N) is 2. The third kappa shape index (κ3) is 4.64. The van der Waals surface area contributed by atoms with Crippen molar-refractivity contribution in [3.8, 4) is 11.3 Å². The number of hydrogen-bond donors (Lipinski definition) is 1. The Balaban J connectivity index is 1.57. The normalized spacial score (nSPS) is 10.5. The van der Waals surface area contributed by atoms with Crippen molar-refractivity contribution in [1.82, 2.24) is 10.2 Å². The van der Waals surface area contributed by atoms with E-state index in [0.717, 1.165) is 16.8 Å². The lowest BCUT2D eigenvalue weighted by atomic mass is 10.1. The van der Waals surface area contributed by atoms with Crippen LogP contribution in [0.25, 0.3) is 11.3 Å². The molecule has 1 heterocycles. The van der Waals surface area contributed by atoms with Gasteiger partial charge in [-0.25, -0.2) is 4.39 Å². The predicted molar refractivity (Wildman–Crippen MR) is 98.0 cm³/mol. The number of hydrogen-bond acceptors (Lipinski definition) is 4. The summed E-state index contributed by atoms with van der Waals surface area (Å²) in [6.45, 7) is 1.95. The Morgan fingerprint density at radius 1 is 1.04 bits per heavy atom. The van der Waals surface area contributed by atoms with Crippen LogP contribution in [0.3, 0.4) is 0 Å². The summed E-state index contributed by atoms with van der Waals surface area (Å²) >= 11 is 1.31. The van der Waals surface area contributed by atoms with Crippen LogP contribution in [-0.2, 0) is 4.79 Å². The third-order valence-corrected chi connectivity index (χ3v) is 4.47. The molecule has 0 spiro atoms. The molecule has 2 aromatic carbocycles. The Morgan fingerprint density at radius 2 is 1.80 bits per heavy atom. The van der Waals surface area contributed by atoms with Crippen molar-refractivity contribution in [2.24, 2.45) is 0 Å². The average Bonchev–Trinajstić information content (AvgIpc) is 2.63. The summed E-state index contributed by atoms with van der Waals surface area (Å²) in [6, 6.07) is 17.3.